The molecule has 6 nitrogen and oxygen atoms in total. The van der Waals surface area contributed by atoms with Crippen LogP contribution in [0.15, 0.2) is 103 Å². The van der Waals surface area contributed by atoms with E-state index in [4.69, 9.17) is 9.47 Å². The maximum Gasteiger partial charge on any atom is 0.211 e. The SMILES string of the molecule is COc1ccc(C[C@H](C)N(Cc2ccccc2)C[C@@H](O)c2ccc(OCc3ccccc3)c(NC=O)c2)cc1. The van der Waals surface area contributed by atoms with E-state index in [1.807, 2.05) is 66.7 Å². The Bertz CT molecular complexity index is 1300. The number of rotatable bonds is 14. The first-order valence-corrected chi connectivity index (χ1v) is 13.2. The van der Waals surface area contributed by atoms with Gasteiger partial charge >= 0.3 is 0 Å². The highest BCUT2D eigenvalue weighted by atomic mass is 16.5. The van der Waals surface area contributed by atoms with Crippen LogP contribution < -0.4 is 14.8 Å². The second kappa shape index (κ2) is 14.1. The quantitative estimate of drug-likeness (QED) is 0.198. The molecule has 39 heavy (non-hydrogen) atoms. The number of ether oxygens (including phenoxy) is 2. The van der Waals surface area contributed by atoms with Crippen LogP contribution >= 0.6 is 0 Å². The van der Waals surface area contributed by atoms with Gasteiger partial charge in [0.15, 0.2) is 0 Å². The number of carbonyl (C=O) groups is 1. The van der Waals surface area contributed by atoms with E-state index < -0.39 is 6.10 Å². The molecule has 4 rings (SSSR count). The van der Waals surface area contributed by atoms with Crippen LogP contribution in [0.1, 0.15) is 35.3 Å². The molecule has 1 amide bonds. The van der Waals surface area contributed by atoms with E-state index >= 15 is 0 Å². The predicted molar refractivity (Wildman–Crippen MR) is 155 cm³/mol. The first kappa shape index (κ1) is 27.9. The fourth-order valence-electron chi connectivity index (χ4n) is 4.57. The molecule has 0 heterocycles. The van der Waals surface area contributed by atoms with Crippen molar-refractivity contribution < 1.29 is 19.4 Å². The average molecular weight is 525 g/mol. The molecule has 4 aromatic carbocycles. The number of nitrogens with zero attached hydrogens (tertiary/aromatic N) is 1. The lowest BCUT2D eigenvalue weighted by Gasteiger charge is -2.31. The van der Waals surface area contributed by atoms with Crippen LogP contribution in [0, 0.1) is 0 Å². The van der Waals surface area contributed by atoms with Gasteiger partial charge in [-0.2, -0.15) is 0 Å². The van der Waals surface area contributed by atoms with Crippen LogP contribution in [0.5, 0.6) is 11.5 Å². The summed E-state index contributed by atoms with van der Waals surface area (Å²) in [6.07, 6.45) is 0.690. The van der Waals surface area contributed by atoms with Gasteiger partial charge in [-0.3, -0.25) is 9.69 Å². The minimum atomic E-state index is -0.762. The Hall–Kier alpha value is -4.13. The molecule has 0 fully saturated rings. The zero-order chi connectivity index (χ0) is 27.5. The predicted octanol–water partition coefficient (Wildman–Crippen LogP) is 6.01. The summed E-state index contributed by atoms with van der Waals surface area (Å²) in [5, 5.41) is 14.1. The first-order chi connectivity index (χ1) is 19.1. The third-order valence-electron chi connectivity index (χ3n) is 6.79. The molecule has 2 atom stereocenters. The summed E-state index contributed by atoms with van der Waals surface area (Å²) in [6, 6.07) is 33.8. The minimum Gasteiger partial charge on any atom is -0.497 e. The third-order valence-corrected chi connectivity index (χ3v) is 6.79. The van der Waals surface area contributed by atoms with Crippen LogP contribution in [-0.4, -0.2) is 36.1 Å². The summed E-state index contributed by atoms with van der Waals surface area (Å²) < 4.78 is 11.3. The van der Waals surface area contributed by atoms with Gasteiger partial charge in [0.2, 0.25) is 6.41 Å². The standard InChI is InChI=1S/C33H36N2O4/c1-25(19-26-13-16-30(38-2)17-14-26)35(21-27-9-5-3-6-10-27)22-32(37)29-15-18-33(31(20-29)34-24-36)39-23-28-11-7-4-8-12-28/h3-18,20,24-25,32,37H,19,21-23H2,1-2H3,(H,34,36)/t25-,32+/m0/s1. The fourth-order valence-corrected chi connectivity index (χ4v) is 4.57. The summed E-state index contributed by atoms with van der Waals surface area (Å²) in [5.41, 5.74) is 4.65. The lowest BCUT2D eigenvalue weighted by atomic mass is 10.0. The third kappa shape index (κ3) is 8.18. The lowest BCUT2D eigenvalue weighted by molar-refractivity contribution is -0.105. The van der Waals surface area contributed by atoms with Crippen molar-refractivity contribution in [3.8, 4) is 11.5 Å². The molecule has 0 radical (unpaired) electrons. The average Bonchev–Trinajstić information content (AvgIpc) is 2.97. The number of hydrogen-bond acceptors (Lipinski definition) is 5. The van der Waals surface area contributed by atoms with E-state index in [-0.39, 0.29) is 6.04 Å². The van der Waals surface area contributed by atoms with Crippen molar-refractivity contribution in [1.29, 1.82) is 0 Å². The second-order valence-electron chi connectivity index (χ2n) is 9.62. The number of hydrogen-bond donors (Lipinski definition) is 2. The molecule has 0 aliphatic rings. The molecule has 0 aromatic heterocycles. The lowest BCUT2D eigenvalue weighted by Crippen LogP contribution is -2.37. The first-order valence-electron chi connectivity index (χ1n) is 13.2. The van der Waals surface area contributed by atoms with Crippen molar-refractivity contribution in [2.45, 2.75) is 38.6 Å². The molecule has 0 unspecified atom stereocenters. The van der Waals surface area contributed by atoms with Gasteiger partial charge in [0, 0.05) is 19.1 Å². The van der Waals surface area contributed by atoms with Crippen LogP contribution in [0.4, 0.5) is 5.69 Å². The van der Waals surface area contributed by atoms with Gasteiger partial charge in [0.05, 0.1) is 18.9 Å². The molecule has 0 saturated heterocycles. The van der Waals surface area contributed by atoms with Crippen molar-refractivity contribution >= 4 is 12.1 Å². The molecule has 2 N–H and O–H groups in total. The Morgan fingerprint density at radius 1 is 0.872 bits per heavy atom. The molecular weight excluding hydrogens is 488 g/mol. The topological polar surface area (TPSA) is 71.0 Å². The number of benzene rings is 4. The molecular formula is C33H36N2O4. The van der Waals surface area contributed by atoms with E-state index in [9.17, 15) is 9.90 Å². The van der Waals surface area contributed by atoms with Crippen molar-refractivity contribution in [1.82, 2.24) is 4.90 Å². The minimum absolute atomic E-state index is 0.161. The van der Waals surface area contributed by atoms with Gasteiger partial charge in [-0.05, 0) is 59.9 Å². The van der Waals surface area contributed by atoms with Gasteiger partial charge in [0.1, 0.15) is 18.1 Å². The van der Waals surface area contributed by atoms with Crippen LogP contribution in [0.25, 0.3) is 0 Å². The number of aliphatic hydroxyl groups is 1. The summed E-state index contributed by atoms with van der Waals surface area (Å²) in [5.74, 6) is 1.38. The second-order valence-corrected chi connectivity index (χ2v) is 9.62. The van der Waals surface area contributed by atoms with Crippen LogP contribution in [-0.2, 0) is 24.4 Å². The summed E-state index contributed by atoms with van der Waals surface area (Å²) in [4.78, 5) is 13.6. The molecule has 4 aromatic rings. The van der Waals surface area contributed by atoms with Gasteiger partial charge in [-0.25, -0.2) is 0 Å². The van der Waals surface area contributed by atoms with E-state index in [0.29, 0.717) is 43.1 Å². The number of carbonyl (C=O) groups excluding carboxylic acids is 1. The largest absolute Gasteiger partial charge is 0.497 e. The number of methoxy groups -OCH3 is 1. The summed E-state index contributed by atoms with van der Waals surface area (Å²) >= 11 is 0. The molecule has 202 valence electrons. The van der Waals surface area contributed by atoms with Gasteiger partial charge in [-0.15, -0.1) is 0 Å². The summed E-state index contributed by atoms with van der Waals surface area (Å²) in [7, 11) is 1.67. The Balaban J connectivity index is 1.50. The van der Waals surface area contributed by atoms with Crippen molar-refractivity contribution in [3.05, 3.63) is 125 Å². The number of amides is 1. The smallest absolute Gasteiger partial charge is 0.211 e. The zero-order valence-corrected chi connectivity index (χ0v) is 22.5. The Morgan fingerprint density at radius 2 is 1.54 bits per heavy atom. The maximum atomic E-state index is 11.3. The van der Waals surface area contributed by atoms with E-state index in [1.165, 1.54) is 11.1 Å². The highest BCUT2D eigenvalue weighted by Gasteiger charge is 2.21. The van der Waals surface area contributed by atoms with Gasteiger partial charge in [0.25, 0.3) is 0 Å². The molecule has 0 saturated carbocycles. The number of anilines is 1. The molecule has 0 bridgehead atoms. The highest BCUT2D eigenvalue weighted by molar-refractivity contribution is 5.76. The Morgan fingerprint density at radius 3 is 2.18 bits per heavy atom. The Kier molecular flexibility index (Phi) is 10.1. The highest BCUT2D eigenvalue weighted by Crippen LogP contribution is 2.30. The van der Waals surface area contributed by atoms with E-state index in [1.54, 1.807) is 19.2 Å². The van der Waals surface area contributed by atoms with Crippen molar-refractivity contribution in [2.75, 3.05) is 19.0 Å². The van der Waals surface area contributed by atoms with Crippen LogP contribution in [0.3, 0.4) is 0 Å². The molecule has 6 heteroatoms. The Labute approximate surface area is 230 Å². The van der Waals surface area contributed by atoms with Gasteiger partial charge in [-0.1, -0.05) is 78.9 Å². The molecule has 0 aliphatic carbocycles. The zero-order valence-electron chi connectivity index (χ0n) is 22.5. The molecule has 0 aliphatic heterocycles. The van der Waals surface area contributed by atoms with Crippen molar-refractivity contribution in [2.24, 2.45) is 0 Å². The number of aliphatic hydroxyl groups excluding tert-OH is 1. The monoisotopic (exact) mass is 524 g/mol. The van der Waals surface area contributed by atoms with E-state index in [0.717, 1.165) is 17.7 Å². The van der Waals surface area contributed by atoms with Crippen molar-refractivity contribution in [3.63, 3.8) is 0 Å². The fraction of sp³-hybridized carbons (Fsp3) is 0.242. The van der Waals surface area contributed by atoms with E-state index in [2.05, 4.69) is 41.4 Å². The maximum absolute atomic E-state index is 11.3. The molecule has 0 spiro atoms. The summed E-state index contributed by atoms with van der Waals surface area (Å²) in [6.45, 7) is 3.69. The van der Waals surface area contributed by atoms with Gasteiger partial charge < -0.3 is 19.9 Å². The van der Waals surface area contributed by atoms with Crippen LogP contribution in [0.2, 0.25) is 0 Å². The normalized spacial score (nSPS) is 12.5. The number of nitrogens with one attached hydrogen (secondary N) is 1.